The molecule has 0 radical (unpaired) electrons. The third-order valence-corrected chi connectivity index (χ3v) is 6.98. The molecule has 4 rings (SSSR count). The Hall–Kier alpha value is -2.41. The minimum atomic E-state index is 0.0586. The van der Waals surface area contributed by atoms with E-state index in [4.69, 9.17) is 9.47 Å². The summed E-state index contributed by atoms with van der Waals surface area (Å²) in [5.74, 6) is 1.18. The molecule has 0 atom stereocenters. The summed E-state index contributed by atoms with van der Waals surface area (Å²) in [6.45, 7) is 9.51. The fourth-order valence-corrected chi connectivity index (χ4v) is 4.80. The van der Waals surface area contributed by atoms with Crippen LogP contribution in [0.4, 0.5) is 0 Å². The summed E-state index contributed by atoms with van der Waals surface area (Å²) in [6, 6.07) is 14.9. The maximum Gasteiger partial charge on any atom is 0.253 e. The predicted octanol–water partition coefficient (Wildman–Crippen LogP) is 3.74. The van der Waals surface area contributed by atoms with E-state index in [0.29, 0.717) is 56.9 Å². The number of hydrogen-bond acceptors (Lipinski definition) is 5. The number of likely N-dealkylation sites (tertiary alicyclic amines) is 1. The van der Waals surface area contributed by atoms with Crippen LogP contribution in [0, 0.1) is 5.92 Å². The van der Waals surface area contributed by atoms with Crippen LogP contribution < -0.4 is 4.74 Å². The van der Waals surface area contributed by atoms with E-state index in [0.717, 1.165) is 37.2 Å². The first-order valence-electron chi connectivity index (χ1n) is 12.6. The Kier molecular flexibility index (Phi) is 8.59. The monoisotopic (exact) mass is 466 g/mol. The molecule has 34 heavy (non-hydrogen) atoms. The number of hydrogen-bond donors (Lipinski definition) is 1. The number of fused-ring (bicyclic) bond motifs is 3. The Balaban J connectivity index is 1.57. The van der Waals surface area contributed by atoms with Gasteiger partial charge in [-0.2, -0.15) is 0 Å². The molecule has 2 aromatic rings. The number of carbonyl (C=O) groups is 1. The molecule has 1 N–H and O–H groups in total. The number of aliphatic hydroxyl groups is 1. The summed E-state index contributed by atoms with van der Waals surface area (Å²) in [7, 11) is 0. The molecule has 0 spiro atoms. The number of benzene rings is 2. The molecule has 2 aliphatic rings. The zero-order chi connectivity index (χ0) is 23.9. The second-order valence-corrected chi connectivity index (χ2v) is 9.76. The normalized spacial score (nSPS) is 18.8. The van der Waals surface area contributed by atoms with Gasteiger partial charge in [-0.05, 0) is 67.5 Å². The van der Waals surface area contributed by atoms with Gasteiger partial charge in [0.25, 0.3) is 5.91 Å². The van der Waals surface area contributed by atoms with Gasteiger partial charge < -0.3 is 19.5 Å². The lowest BCUT2D eigenvalue weighted by Gasteiger charge is -2.31. The number of carbonyl (C=O) groups excluding carboxylic acids is 1. The van der Waals surface area contributed by atoms with Gasteiger partial charge in [0, 0.05) is 50.8 Å². The second kappa shape index (κ2) is 11.8. The van der Waals surface area contributed by atoms with Crippen molar-refractivity contribution in [1.29, 1.82) is 0 Å². The summed E-state index contributed by atoms with van der Waals surface area (Å²) in [5.41, 5.74) is 4.22. The highest BCUT2D eigenvalue weighted by molar-refractivity contribution is 5.94. The van der Waals surface area contributed by atoms with E-state index in [1.807, 2.05) is 23.1 Å². The van der Waals surface area contributed by atoms with Gasteiger partial charge >= 0.3 is 0 Å². The third-order valence-electron chi connectivity index (χ3n) is 6.98. The summed E-state index contributed by atoms with van der Waals surface area (Å²) >= 11 is 0. The van der Waals surface area contributed by atoms with Crippen molar-refractivity contribution in [2.24, 2.45) is 5.92 Å². The van der Waals surface area contributed by atoms with Crippen LogP contribution in [0.2, 0.25) is 0 Å². The lowest BCUT2D eigenvalue weighted by Crippen LogP contribution is -2.39. The Morgan fingerprint density at radius 2 is 1.82 bits per heavy atom. The van der Waals surface area contributed by atoms with Crippen molar-refractivity contribution in [2.75, 3.05) is 46.1 Å². The van der Waals surface area contributed by atoms with E-state index >= 15 is 0 Å². The third kappa shape index (κ3) is 6.38. The van der Waals surface area contributed by atoms with Gasteiger partial charge in [0.1, 0.15) is 12.4 Å². The molecule has 184 valence electrons. The van der Waals surface area contributed by atoms with Crippen molar-refractivity contribution in [3.8, 4) is 5.75 Å². The smallest absolute Gasteiger partial charge is 0.253 e. The van der Waals surface area contributed by atoms with Gasteiger partial charge in [-0.1, -0.05) is 24.3 Å². The first-order valence-corrected chi connectivity index (χ1v) is 12.6. The molecule has 1 amide bonds. The van der Waals surface area contributed by atoms with Crippen LogP contribution >= 0.6 is 0 Å². The Morgan fingerprint density at radius 3 is 2.59 bits per heavy atom. The molecule has 2 heterocycles. The Bertz CT molecular complexity index is 953. The standard InChI is InChI=1S/C28H38N2O4/c1-21(2)30-12-13-33-14-15-34-27-7-6-25(28(32)29-10-8-22(20-31)9-11-29)18-26(27)17-23-4-3-5-24(16-23)19-30/h3-7,16,18,21-22,31H,8-15,17,19-20H2,1-2H3. The van der Waals surface area contributed by atoms with E-state index in [2.05, 4.69) is 43.0 Å². The van der Waals surface area contributed by atoms with Gasteiger partial charge in [0.15, 0.2) is 0 Å². The molecular formula is C28H38N2O4. The molecule has 2 aliphatic heterocycles. The highest BCUT2D eigenvalue weighted by Crippen LogP contribution is 2.26. The van der Waals surface area contributed by atoms with E-state index in [1.165, 1.54) is 11.1 Å². The summed E-state index contributed by atoms with van der Waals surface area (Å²) < 4.78 is 11.9. The highest BCUT2D eigenvalue weighted by Gasteiger charge is 2.24. The molecule has 2 bridgehead atoms. The second-order valence-electron chi connectivity index (χ2n) is 9.76. The molecule has 6 nitrogen and oxygen atoms in total. The molecule has 1 saturated heterocycles. The van der Waals surface area contributed by atoms with Crippen molar-refractivity contribution in [3.63, 3.8) is 0 Å². The molecule has 2 aromatic carbocycles. The van der Waals surface area contributed by atoms with Gasteiger partial charge in [0.2, 0.25) is 0 Å². The fourth-order valence-electron chi connectivity index (χ4n) is 4.80. The number of amides is 1. The molecule has 0 saturated carbocycles. The molecule has 0 aliphatic carbocycles. The van der Waals surface area contributed by atoms with Gasteiger partial charge in [-0.25, -0.2) is 0 Å². The number of nitrogens with zero attached hydrogens (tertiary/aromatic N) is 2. The lowest BCUT2D eigenvalue weighted by molar-refractivity contribution is 0.0650. The van der Waals surface area contributed by atoms with Crippen molar-refractivity contribution in [3.05, 3.63) is 64.7 Å². The van der Waals surface area contributed by atoms with Crippen molar-refractivity contribution in [1.82, 2.24) is 9.80 Å². The minimum absolute atomic E-state index is 0.0586. The molecular weight excluding hydrogens is 428 g/mol. The van der Waals surface area contributed by atoms with E-state index in [-0.39, 0.29) is 12.5 Å². The highest BCUT2D eigenvalue weighted by atomic mass is 16.5. The van der Waals surface area contributed by atoms with E-state index in [9.17, 15) is 9.90 Å². The average Bonchev–Trinajstić information content (AvgIpc) is 2.85. The SMILES string of the molecule is CC(C)N1CCOCCOc2ccc(C(=O)N3CCC(CO)CC3)cc2Cc2cccc(c2)C1. The topological polar surface area (TPSA) is 62.2 Å². The quantitative estimate of drug-likeness (QED) is 0.747. The maximum absolute atomic E-state index is 13.2. The minimum Gasteiger partial charge on any atom is -0.491 e. The largest absolute Gasteiger partial charge is 0.491 e. The van der Waals surface area contributed by atoms with E-state index < -0.39 is 0 Å². The number of ether oxygens (including phenoxy) is 2. The van der Waals surface area contributed by atoms with E-state index in [1.54, 1.807) is 0 Å². The van der Waals surface area contributed by atoms with Crippen LogP contribution in [0.25, 0.3) is 0 Å². The van der Waals surface area contributed by atoms with Crippen LogP contribution in [-0.2, 0) is 17.7 Å². The summed E-state index contributed by atoms with van der Waals surface area (Å²) in [5, 5.41) is 9.40. The molecule has 0 unspecified atom stereocenters. The van der Waals surface area contributed by atoms with Crippen LogP contribution in [0.5, 0.6) is 5.75 Å². The van der Waals surface area contributed by atoms with Gasteiger partial charge in [-0.3, -0.25) is 9.69 Å². The number of piperidine rings is 1. The van der Waals surface area contributed by atoms with Crippen molar-refractivity contribution in [2.45, 2.75) is 45.7 Å². The lowest BCUT2D eigenvalue weighted by atomic mass is 9.96. The van der Waals surface area contributed by atoms with Crippen LogP contribution in [0.15, 0.2) is 42.5 Å². The van der Waals surface area contributed by atoms with Gasteiger partial charge in [-0.15, -0.1) is 0 Å². The Morgan fingerprint density at radius 1 is 1.03 bits per heavy atom. The molecule has 1 fully saturated rings. The van der Waals surface area contributed by atoms with Crippen molar-refractivity contribution < 1.29 is 19.4 Å². The van der Waals surface area contributed by atoms with Crippen molar-refractivity contribution >= 4 is 5.91 Å². The first kappa shape index (κ1) is 24.7. The predicted molar refractivity (Wildman–Crippen MR) is 133 cm³/mol. The van der Waals surface area contributed by atoms with Crippen LogP contribution in [0.3, 0.4) is 0 Å². The Labute approximate surface area is 203 Å². The molecule has 6 heteroatoms. The molecule has 0 aromatic heterocycles. The van der Waals surface area contributed by atoms with Gasteiger partial charge in [0.05, 0.1) is 13.2 Å². The summed E-state index contributed by atoms with van der Waals surface area (Å²) in [4.78, 5) is 17.6. The summed E-state index contributed by atoms with van der Waals surface area (Å²) in [6.07, 6.45) is 2.42. The zero-order valence-corrected chi connectivity index (χ0v) is 20.5. The first-order chi connectivity index (χ1) is 16.5. The number of rotatable bonds is 3. The average molecular weight is 467 g/mol. The van der Waals surface area contributed by atoms with Crippen LogP contribution in [0.1, 0.15) is 53.7 Å². The fraction of sp³-hybridized carbons (Fsp3) is 0.536. The maximum atomic E-state index is 13.2. The van der Waals surface area contributed by atoms with Crippen LogP contribution in [-0.4, -0.2) is 72.9 Å². The zero-order valence-electron chi connectivity index (χ0n) is 20.5. The number of aliphatic hydroxyl groups excluding tert-OH is 1.